The topological polar surface area (TPSA) is 116 Å². The summed E-state index contributed by atoms with van der Waals surface area (Å²) in [6.45, 7) is 0.264. The number of nitrogens with zero attached hydrogens (tertiary/aromatic N) is 2. The molecule has 1 aromatic heterocycles. The minimum atomic E-state index is -0.559. The minimum Gasteiger partial charge on any atom is -0.366 e. The molecule has 104 valence electrons. The van der Waals surface area contributed by atoms with E-state index in [1.807, 2.05) is 30.3 Å². The van der Waals surface area contributed by atoms with Crippen LogP contribution in [0.25, 0.3) is 0 Å². The van der Waals surface area contributed by atoms with E-state index >= 15 is 0 Å². The maximum atomic E-state index is 11.9. The van der Waals surface area contributed by atoms with E-state index in [1.54, 1.807) is 0 Å². The van der Waals surface area contributed by atoms with E-state index in [4.69, 9.17) is 11.6 Å². The van der Waals surface area contributed by atoms with E-state index in [-0.39, 0.29) is 12.5 Å². The zero-order valence-corrected chi connectivity index (χ0v) is 10.7. The number of benzene rings is 1. The molecule has 5 N–H and O–H groups in total. The Hall–Kier alpha value is -2.67. The number of rotatable bonds is 5. The van der Waals surface area contributed by atoms with Gasteiger partial charge in [-0.1, -0.05) is 30.3 Å². The van der Waals surface area contributed by atoms with Crippen LogP contribution in [0.2, 0.25) is 0 Å². The molecular weight excluding hydrogens is 258 g/mol. The highest BCUT2D eigenvalue weighted by Gasteiger charge is 2.21. The maximum Gasteiger partial charge on any atom is 0.251 e. The van der Waals surface area contributed by atoms with Crippen LogP contribution in [0.3, 0.4) is 0 Å². The Balaban J connectivity index is 2.24. The van der Waals surface area contributed by atoms with Crippen molar-refractivity contribution < 1.29 is 9.59 Å². The smallest absolute Gasteiger partial charge is 0.251 e. The summed E-state index contributed by atoms with van der Waals surface area (Å²) in [5.41, 5.74) is 8.41. The highest BCUT2D eigenvalue weighted by Crippen LogP contribution is 2.18. The van der Waals surface area contributed by atoms with E-state index in [9.17, 15) is 9.59 Å². The van der Waals surface area contributed by atoms with Crippen molar-refractivity contribution in [2.75, 3.05) is 0 Å². The average molecular weight is 273 g/mol. The number of hydrogen-bond donors (Lipinski definition) is 3. The molecule has 2 amide bonds. The van der Waals surface area contributed by atoms with Crippen molar-refractivity contribution in [1.82, 2.24) is 15.2 Å². The maximum absolute atomic E-state index is 11.9. The molecule has 20 heavy (non-hydrogen) atoms. The summed E-state index contributed by atoms with van der Waals surface area (Å²) in [5.74, 6) is 3.83. The molecule has 0 fully saturated rings. The second-order valence-electron chi connectivity index (χ2n) is 4.29. The molecule has 0 spiro atoms. The molecule has 0 aliphatic carbocycles. The molecular formula is C13H15N5O2. The van der Waals surface area contributed by atoms with E-state index in [0.717, 1.165) is 5.56 Å². The zero-order valence-electron chi connectivity index (χ0n) is 10.7. The molecule has 0 bridgehead atoms. The van der Waals surface area contributed by atoms with Crippen molar-refractivity contribution in [2.24, 2.45) is 11.6 Å². The normalized spacial score (nSPS) is 11.8. The van der Waals surface area contributed by atoms with Gasteiger partial charge in [-0.05, 0) is 5.56 Å². The largest absolute Gasteiger partial charge is 0.366 e. The first-order chi connectivity index (χ1) is 9.61. The van der Waals surface area contributed by atoms with Gasteiger partial charge >= 0.3 is 0 Å². The number of amides is 2. The lowest BCUT2D eigenvalue weighted by Crippen LogP contribution is -2.36. The van der Waals surface area contributed by atoms with Crippen LogP contribution >= 0.6 is 0 Å². The van der Waals surface area contributed by atoms with Gasteiger partial charge in [-0.2, -0.15) is 5.10 Å². The van der Waals surface area contributed by atoms with Crippen LogP contribution in [0, 0.1) is 0 Å². The summed E-state index contributed by atoms with van der Waals surface area (Å²) in [4.78, 5) is 22.9. The van der Waals surface area contributed by atoms with Crippen molar-refractivity contribution in [3.8, 4) is 0 Å². The third-order valence-corrected chi connectivity index (χ3v) is 2.95. The van der Waals surface area contributed by atoms with E-state index in [0.29, 0.717) is 5.56 Å². The van der Waals surface area contributed by atoms with Crippen molar-refractivity contribution in [2.45, 2.75) is 12.5 Å². The van der Waals surface area contributed by atoms with Crippen molar-refractivity contribution >= 4 is 11.8 Å². The molecule has 2 aromatic rings. The quantitative estimate of drug-likeness (QED) is 0.396. The lowest BCUT2D eigenvalue weighted by Gasteiger charge is -2.15. The lowest BCUT2D eigenvalue weighted by atomic mass is 9.98. The number of nitrogens with one attached hydrogen (secondary N) is 1. The van der Waals surface area contributed by atoms with Gasteiger partial charge in [0.2, 0.25) is 5.91 Å². The van der Waals surface area contributed by atoms with Crippen LogP contribution in [-0.4, -0.2) is 21.6 Å². The van der Waals surface area contributed by atoms with Gasteiger partial charge in [-0.15, -0.1) is 0 Å². The summed E-state index contributed by atoms with van der Waals surface area (Å²) >= 11 is 0. The summed E-state index contributed by atoms with van der Waals surface area (Å²) in [5, 5.41) is 4.01. The van der Waals surface area contributed by atoms with Gasteiger partial charge in [-0.3, -0.25) is 19.7 Å². The van der Waals surface area contributed by atoms with Crippen LogP contribution in [-0.2, 0) is 11.3 Å². The minimum absolute atomic E-state index is 0.264. The van der Waals surface area contributed by atoms with Gasteiger partial charge in [0.25, 0.3) is 5.91 Å². The number of carbonyl (C=O) groups is 2. The Morgan fingerprint density at radius 2 is 2.00 bits per heavy atom. The Labute approximate surface area is 115 Å². The van der Waals surface area contributed by atoms with Crippen LogP contribution < -0.4 is 17.0 Å². The Bertz CT molecular complexity index is 608. The Morgan fingerprint density at radius 1 is 1.30 bits per heavy atom. The standard InChI is InChI=1S/C13H15N5O2/c14-12(19)10-6-16-18(7-10)8-11(13(20)17-15)9-4-2-1-3-5-9/h1-7,11H,8,15H2,(H2,14,19)(H,17,20). The number of hydrazine groups is 1. The van der Waals surface area contributed by atoms with Gasteiger partial charge < -0.3 is 5.73 Å². The van der Waals surface area contributed by atoms with Gasteiger partial charge in [0, 0.05) is 6.20 Å². The monoisotopic (exact) mass is 273 g/mol. The number of nitrogens with two attached hydrogens (primary N) is 2. The fourth-order valence-corrected chi connectivity index (χ4v) is 1.90. The highest BCUT2D eigenvalue weighted by molar-refractivity contribution is 5.92. The molecule has 1 atom stereocenters. The van der Waals surface area contributed by atoms with Crippen LogP contribution in [0.15, 0.2) is 42.7 Å². The number of aromatic nitrogens is 2. The first-order valence-electron chi connectivity index (χ1n) is 5.99. The number of primary amides is 1. The third kappa shape index (κ3) is 3.01. The fraction of sp³-hybridized carbons (Fsp3) is 0.154. The molecule has 1 heterocycles. The van der Waals surface area contributed by atoms with Gasteiger partial charge in [0.05, 0.1) is 24.2 Å². The molecule has 0 aliphatic rings. The van der Waals surface area contributed by atoms with Crippen LogP contribution in [0.1, 0.15) is 21.8 Å². The second-order valence-corrected chi connectivity index (χ2v) is 4.29. The zero-order chi connectivity index (χ0) is 14.5. The van der Waals surface area contributed by atoms with E-state index in [2.05, 4.69) is 10.5 Å². The van der Waals surface area contributed by atoms with E-state index < -0.39 is 11.8 Å². The Morgan fingerprint density at radius 3 is 2.55 bits per heavy atom. The van der Waals surface area contributed by atoms with Crippen LogP contribution in [0.5, 0.6) is 0 Å². The second kappa shape index (κ2) is 5.98. The predicted octanol–water partition coefficient (Wildman–Crippen LogP) is -0.244. The summed E-state index contributed by atoms with van der Waals surface area (Å²) < 4.78 is 1.49. The molecule has 0 radical (unpaired) electrons. The number of hydrogen-bond acceptors (Lipinski definition) is 4. The number of carbonyl (C=O) groups excluding carboxylic acids is 2. The lowest BCUT2D eigenvalue weighted by molar-refractivity contribution is -0.123. The van der Waals surface area contributed by atoms with Crippen molar-refractivity contribution in [3.05, 3.63) is 53.9 Å². The summed E-state index contributed by atoms with van der Waals surface area (Å²) in [6.07, 6.45) is 2.87. The fourth-order valence-electron chi connectivity index (χ4n) is 1.90. The third-order valence-electron chi connectivity index (χ3n) is 2.95. The van der Waals surface area contributed by atoms with E-state index in [1.165, 1.54) is 17.1 Å². The van der Waals surface area contributed by atoms with Gasteiger partial charge in [0.1, 0.15) is 0 Å². The van der Waals surface area contributed by atoms with Gasteiger partial charge in [-0.25, -0.2) is 5.84 Å². The molecule has 0 saturated heterocycles. The average Bonchev–Trinajstić information content (AvgIpc) is 2.94. The molecule has 7 heteroatoms. The molecule has 0 aliphatic heterocycles. The highest BCUT2D eigenvalue weighted by atomic mass is 16.2. The molecule has 2 rings (SSSR count). The van der Waals surface area contributed by atoms with Crippen molar-refractivity contribution in [1.29, 1.82) is 0 Å². The first kappa shape index (κ1) is 13.8. The molecule has 7 nitrogen and oxygen atoms in total. The van der Waals surface area contributed by atoms with Crippen molar-refractivity contribution in [3.63, 3.8) is 0 Å². The van der Waals surface area contributed by atoms with Crippen LogP contribution in [0.4, 0.5) is 0 Å². The SMILES string of the molecule is NNC(=O)C(Cn1cc(C(N)=O)cn1)c1ccccc1. The Kier molecular flexibility index (Phi) is 4.11. The first-order valence-corrected chi connectivity index (χ1v) is 5.99. The van der Waals surface area contributed by atoms with Gasteiger partial charge in [0.15, 0.2) is 0 Å². The molecule has 0 saturated carbocycles. The summed E-state index contributed by atoms with van der Waals surface area (Å²) in [7, 11) is 0. The molecule has 1 unspecified atom stereocenters. The molecule has 1 aromatic carbocycles. The predicted molar refractivity (Wildman–Crippen MR) is 72.3 cm³/mol. The summed E-state index contributed by atoms with van der Waals surface area (Å²) in [6, 6.07) is 9.20.